The molecule has 1 aromatic carbocycles. The van der Waals surface area contributed by atoms with Gasteiger partial charge in [-0.1, -0.05) is 17.7 Å². The van der Waals surface area contributed by atoms with Gasteiger partial charge in [0.05, 0.1) is 36.3 Å². The molecule has 5 rings (SSSR count). The number of likely N-dealkylation sites (tertiary alicyclic amines) is 1. The average Bonchev–Trinajstić information content (AvgIpc) is 3.53. The van der Waals surface area contributed by atoms with Crippen LogP contribution in [0.5, 0.6) is 5.75 Å². The van der Waals surface area contributed by atoms with Crippen LogP contribution in [0.1, 0.15) is 50.0 Å². The zero-order valence-electron chi connectivity index (χ0n) is 24.2. The molecule has 10 heteroatoms. The summed E-state index contributed by atoms with van der Waals surface area (Å²) in [5.41, 5.74) is 4.09. The molecule has 0 radical (unpaired) electrons. The molecule has 1 saturated heterocycles. The highest BCUT2D eigenvalue weighted by Crippen LogP contribution is 2.28. The van der Waals surface area contributed by atoms with Gasteiger partial charge in [0.25, 0.3) is 0 Å². The summed E-state index contributed by atoms with van der Waals surface area (Å²) in [5, 5.41) is 10.3. The Hall–Kier alpha value is -3.98. The second kappa shape index (κ2) is 14.3. The number of nitrogens with one attached hydrogen (secondary N) is 3. The number of aromatic nitrogens is 1. The lowest BCUT2D eigenvalue weighted by atomic mass is 9.94. The number of allylic oxidation sites excluding steroid dienone is 1. The van der Waals surface area contributed by atoms with Crippen molar-refractivity contribution in [3.05, 3.63) is 83.1 Å². The first-order chi connectivity index (χ1) is 20.5. The van der Waals surface area contributed by atoms with Crippen molar-refractivity contribution in [2.24, 2.45) is 10.9 Å². The maximum absolute atomic E-state index is 12.5. The van der Waals surface area contributed by atoms with Crippen LogP contribution >= 0.6 is 11.6 Å². The SMILES string of the molecule is C/C=C(Cl)\C1=N/C(C)Nc2cncc(c2)CCc2cc(ccc2OCCC2CCN(C(=O)NCc3ccco3)CC2)N1. The van der Waals surface area contributed by atoms with Gasteiger partial charge >= 0.3 is 6.03 Å². The summed E-state index contributed by atoms with van der Waals surface area (Å²) in [5.74, 6) is 2.76. The third kappa shape index (κ3) is 8.06. The summed E-state index contributed by atoms with van der Waals surface area (Å²) >= 11 is 6.52. The molecule has 3 aromatic rings. The van der Waals surface area contributed by atoms with E-state index < -0.39 is 0 Å². The number of urea groups is 1. The Morgan fingerprint density at radius 1 is 1.19 bits per heavy atom. The number of rotatable bonds is 7. The number of furan rings is 1. The highest BCUT2D eigenvalue weighted by molar-refractivity contribution is 6.44. The Balaban J connectivity index is 1.20. The van der Waals surface area contributed by atoms with Crippen molar-refractivity contribution in [3.63, 3.8) is 0 Å². The van der Waals surface area contributed by atoms with E-state index in [0.717, 1.165) is 79.2 Å². The number of amidine groups is 1. The number of amides is 2. The van der Waals surface area contributed by atoms with Crippen molar-refractivity contribution in [1.82, 2.24) is 15.2 Å². The van der Waals surface area contributed by atoms with Crippen LogP contribution in [0.4, 0.5) is 16.2 Å². The van der Waals surface area contributed by atoms with Crippen molar-refractivity contribution in [1.29, 1.82) is 0 Å². The topological polar surface area (TPSA) is 104 Å². The van der Waals surface area contributed by atoms with Gasteiger partial charge in [-0.2, -0.15) is 0 Å². The molecule has 2 amide bonds. The third-order valence-electron chi connectivity index (χ3n) is 7.66. The number of carbonyl (C=O) groups excluding carboxylic acids is 1. The minimum Gasteiger partial charge on any atom is -0.493 e. The predicted octanol–water partition coefficient (Wildman–Crippen LogP) is 6.58. The van der Waals surface area contributed by atoms with Gasteiger partial charge in [-0.05, 0) is 99.4 Å². The Bertz CT molecular complexity index is 1400. The van der Waals surface area contributed by atoms with Gasteiger partial charge in [0.2, 0.25) is 0 Å². The van der Waals surface area contributed by atoms with Gasteiger partial charge in [0.15, 0.2) is 0 Å². The van der Waals surface area contributed by atoms with Gasteiger partial charge in [-0.3, -0.25) is 4.98 Å². The minimum atomic E-state index is -0.205. The molecule has 2 aromatic heterocycles. The van der Waals surface area contributed by atoms with Gasteiger partial charge < -0.3 is 30.0 Å². The Morgan fingerprint density at radius 3 is 2.83 bits per heavy atom. The molecule has 1 atom stereocenters. The number of fused-ring (bicyclic) bond motifs is 4. The van der Waals surface area contributed by atoms with Gasteiger partial charge in [0, 0.05) is 25.0 Å². The van der Waals surface area contributed by atoms with E-state index in [1.165, 1.54) is 0 Å². The number of aryl methyl sites for hydroxylation is 2. The number of hydrogen-bond donors (Lipinski definition) is 3. The zero-order valence-corrected chi connectivity index (χ0v) is 25.0. The molecule has 0 saturated carbocycles. The van der Waals surface area contributed by atoms with E-state index in [9.17, 15) is 4.79 Å². The molecule has 4 bridgehead atoms. The maximum Gasteiger partial charge on any atom is 0.317 e. The largest absolute Gasteiger partial charge is 0.493 e. The van der Waals surface area contributed by atoms with Gasteiger partial charge in [-0.25, -0.2) is 9.79 Å². The van der Waals surface area contributed by atoms with Crippen LogP contribution in [0, 0.1) is 5.92 Å². The Kier molecular flexibility index (Phi) is 10.0. The first-order valence-corrected chi connectivity index (χ1v) is 15.0. The lowest BCUT2D eigenvalue weighted by molar-refractivity contribution is 0.159. The number of halogens is 1. The Labute approximate surface area is 252 Å². The number of ether oxygens (including phenoxy) is 1. The molecular weight excluding hydrogens is 552 g/mol. The van der Waals surface area contributed by atoms with Crippen LogP contribution in [0.3, 0.4) is 0 Å². The van der Waals surface area contributed by atoms with E-state index >= 15 is 0 Å². The molecule has 4 heterocycles. The number of carbonyl (C=O) groups is 1. The van der Waals surface area contributed by atoms with Gasteiger partial charge in [0.1, 0.15) is 23.5 Å². The predicted molar refractivity (Wildman–Crippen MR) is 167 cm³/mol. The summed E-state index contributed by atoms with van der Waals surface area (Å²) in [7, 11) is 0. The van der Waals surface area contributed by atoms with E-state index in [-0.39, 0.29) is 12.2 Å². The number of piperidine rings is 1. The molecule has 2 aliphatic heterocycles. The highest BCUT2D eigenvalue weighted by atomic mass is 35.5. The van der Waals surface area contributed by atoms with E-state index in [4.69, 9.17) is 25.7 Å². The lowest BCUT2D eigenvalue weighted by Gasteiger charge is -2.32. The van der Waals surface area contributed by atoms with E-state index in [0.29, 0.717) is 29.9 Å². The van der Waals surface area contributed by atoms with Crippen molar-refractivity contribution >= 4 is 34.8 Å². The normalized spacial score (nSPS) is 19.2. The monoisotopic (exact) mass is 590 g/mol. The summed E-state index contributed by atoms with van der Waals surface area (Å²) in [6.45, 7) is 6.41. The quantitative estimate of drug-likeness (QED) is 0.287. The zero-order chi connectivity index (χ0) is 29.3. The summed E-state index contributed by atoms with van der Waals surface area (Å²) in [4.78, 5) is 23.6. The molecule has 222 valence electrons. The number of benzene rings is 1. The average molecular weight is 591 g/mol. The van der Waals surface area contributed by atoms with Gasteiger partial charge in [-0.15, -0.1) is 0 Å². The molecule has 42 heavy (non-hydrogen) atoms. The number of aliphatic imine (C=N–C) groups is 1. The van der Waals surface area contributed by atoms with Crippen molar-refractivity contribution in [3.8, 4) is 5.75 Å². The van der Waals surface area contributed by atoms with Crippen molar-refractivity contribution < 1.29 is 13.9 Å². The fraction of sp³-hybridized carbons (Fsp3) is 0.406. The third-order valence-corrected chi connectivity index (χ3v) is 8.06. The maximum atomic E-state index is 12.5. The molecule has 9 nitrogen and oxygen atoms in total. The van der Waals surface area contributed by atoms with Crippen LogP contribution in [-0.4, -0.2) is 47.6 Å². The molecule has 0 spiro atoms. The van der Waals surface area contributed by atoms with E-state index in [1.54, 1.807) is 6.26 Å². The second-order valence-corrected chi connectivity index (χ2v) is 11.2. The molecule has 3 N–H and O–H groups in total. The van der Waals surface area contributed by atoms with E-state index in [2.05, 4.69) is 33.1 Å². The summed E-state index contributed by atoms with van der Waals surface area (Å²) in [6.07, 6.45) is 11.5. The number of anilines is 2. The molecule has 0 aliphatic carbocycles. The number of hydrogen-bond acceptors (Lipinski definition) is 7. The van der Waals surface area contributed by atoms with Crippen molar-refractivity contribution in [2.45, 2.75) is 58.7 Å². The molecule has 1 unspecified atom stereocenters. The second-order valence-electron chi connectivity index (χ2n) is 10.8. The van der Waals surface area contributed by atoms with E-state index in [1.807, 2.05) is 61.5 Å². The first kappa shape index (κ1) is 29.5. The first-order valence-electron chi connectivity index (χ1n) is 14.6. The lowest BCUT2D eigenvalue weighted by Crippen LogP contribution is -2.44. The fourth-order valence-electron chi connectivity index (χ4n) is 5.32. The standard InChI is InChI=1S/C32H39ClN6O3/c1-3-29(33)31-37-22(2)36-27-17-24(19-34-20-27)6-7-25-18-26(38-31)8-9-30(25)42-16-12-23-10-13-39(14-11-23)32(40)35-21-28-5-4-15-41-28/h3-5,8-9,15,17-20,22-23,36H,6-7,10-14,16,21H2,1-2H3,(H,35,40)(H,37,38)/b29-3+. The number of pyridine rings is 1. The summed E-state index contributed by atoms with van der Waals surface area (Å²) < 4.78 is 11.7. The highest BCUT2D eigenvalue weighted by Gasteiger charge is 2.23. The van der Waals surface area contributed by atoms with Crippen LogP contribution in [0.2, 0.25) is 0 Å². The van der Waals surface area contributed by atoms with Crippen LogP contribution in [-0.2, 0) is 19.4 Å². The fourth-order valence-corrected chi connectivity index (χ4v) is 5.41. The van der Waals surface area contributed by atoms with Crippen LogP contribution in [0.15, 0.2) is 75.6 Å². The van der Waals surface area contributed by atoms with Crippen LogP contribution < -0.4 is 20.7 Å². The minimum absolute atomic E-state index is 0.0373. The molecular formula is C32H39ClN6O3. The van der Waals surface area contributed by atoms with Crippen LogP contribution in [0.25, 0.3) is 0 Å². The smallest absolute Gasteiger partial charge is 0.317 e. The number of nitrogens with zero attached hydrogens (tertiary/aromatic N) is 3. The molecule has 1 fully saturated rings. The van der Waals surface area contributed by atoms with Crippen molar-refractivity contribution in [2.75, 3.05) is 30.3 Å². The summed E-state index contributed by atoms with van der Waals surface area (Å²) in [6, 6.07) is 11.9. The Morgan fingerprint density at radius 2 is 2.05 bits per heavy atom. The molecule has 2 aliphatic rings.